The molecule has 0 atom stereocenters. The number of carbonyl (C=O) groups excluding carboxylic acids is 1. The molecule has 2 aromatic heterocycles. The van der Waals surface area contributed by atoms with E-state index in [-0.39, 0.29) is 5.91 Å². The first-order valence-corrected chi connectivity index (χ1v) is 8.52. The fourth-order valence-corrected chi connectivity index (χ4v) is 3.29. The van der Waals surface area contributed by atoms with E-state index in [0.29, 0.717) is 36.5 Å². The molecule has 25 heavy (non-hydrogen) atoms. The molecule has 128 valence electrons. The molecule has 1 saturated heterocycles. The molecule has 0 bridgehead atoms. The molecular weight excluding hydrogens is 343 g/mol. The Bertz CT molecular complexity index is 934. The van der Waals surface area contributed by atoms with Crippen molar-refractivity contribution in [3.8, 4) is 5.69 Å². The molecule has 0 radical (unpaired) electrons. The van der Waals surface area contributed by atoms with Crippen LogP contribution >= 0.6 is 11.6 Å². The summed E-state index contributed by atoms with van der Waals surface area (Å²) >= 11 is 6.00. The number of halogens is 2. The predicted octanol–water partition coefficient (Wildman–Crippen LogP) is 3.65. The molecule has 1 amide bonds. The number of carbonyl (C=O) groups is 1. The lowest BCUT2D eigenvalue weighted by atomic mass is 10.1. The van der Waals surface area contributed by atoms with Crippen LogP contribution in [0.4, 0.5) is 4.39 Å². The number of piperidine rings is 1. The van der Waals surface area contributed by atoms with Crippen LogP contribution in [0.3, 0.4) is 0 Å². The van der Waals surface area contributed by atoms with Crippen LogP contribution in [0.25, 0.3) is 16.6 Å². The lowest BCUT2D eigenvalue weighted by Gasteiger charge is -2.28. The molecule has 0 unspecified atom stereocenters. The first-order valence-electron chi connectivity index (χ1n) is 8.14. The zero-order valence-corrected chi connectivity index (χ0v) is 14.2. The highest BCUT2D eigenvalue weighted by Gasteiger charge is 2.23. The number of hydrogen-bond acceptors (Lipinski definition) is 3. The van der Waals surface area contributed by atoms with E-state index in [4.69, 9.17) is 11.6 Å². The number of rotatable bonds is 2. The maximum absolute atomic E-state index is 13.3. The molecular formula is C18H16ClFN4O. The van der Waals surface area contributed by atoms with E-state index in [0.717, 1.165) is 16.6 Å². The second-order valence-corrected chi connectivity index (χ2v) is 6.59. The Labute approximate surface area is 149 Å². The summed E-state index contributed by atoms with van der Waals surface area (Å²) < 4.78 is 15.0. The van der Waals surface area contributed by atoms with Gasteiger partial charge in [-0.2, -0.15) is 5.10 Å². The van der Waals surface area contributed by atoms with Gasteiger partial charge in [-0.3, -0.25) is 9.78 Å². The second-order valence-electron chi connectivity index (χ2n) is 6.16. The molecule has 1 fully saturated rings. The highest BCUT2D eigenvalue weighted by molar-refractivity contribution is 6.30. The molecule has 1 aliphatic heterocycles. The molecule has 3 heterocycles. The van der Waals surface area contributed by atoms with Crippen molar-refractivity contribution in [1.29, 1.82) is 0 Å². The van der Waals surface area contributed by atoms with Crippen LogP contribution in [0, 0.1) is 0 Å². The van der Waals surface area contributed by atoms with Crippen molar-refractivity contribution in [2.45, 2.75) is 19.0 Å². The van der Waals surface area contributed by atoms with E-state index in [9.17, 15) is 9.18 Å². The molecule has 0 N–H and O–H groups in total. The van der Waals surface area contributed by atoms with Crippen LogP contribution in [0.2, 0.25) is 5.02 Å². The zero-order valence-electron chi connectivity index (χ0n) is 13.4. The summed E-state index contributed by atoms with van der Waals surface area (Å²) in [5.41, 5.74) is 2.21. The topological polar surface area (TPSA) is 51.0 Å². The van der Waals surface area contributed by atoms with Gasteiger partial charge in [-0.1, -0.05) is 11.6 Å². The van der Waals surface area contributed by atoms with Crippen molar-refractivity contribution >= 4 is 28.4 Å². The number of aromatic nitrogens is 3. The van der Waals surface area contributed by atoms with Gasteiger partial charge in [0, 0.05) is 30.2 Å². The number of nitrogens with zero attached hydrogens (tertiary/aromatic N) is 4. The number of benzene rings is 1. The summed E-state index contributed by atoms with van der Waals surface area (Å²) in [6, 6.07) is 7.24. The first-order chi connectivity index (χ1) is 12.1. The highest BCUT2D eigenvalue weighted by Crippen LogP contribution is 2.23. The second kappa shape index (κ2) is 6.44. The van der Waals surface area contributed by atoms with Gasteiger partial charge in [0.05, 0.1) is 28.6 Å². The molecule has 1 aliphatic rings. The Hall–Kier alpha value is -2.47. The molecule has 5 nitrogen and oxygen atoms in total. The van der Waals surface area contributed by atoms with Crippen molar-refractivity contribution in [2.24, 2.45) is 0 Å². The number of hydrogen-bond donors (Lipinski definition) is 0. The third kappa shape index (κ3) is 3.09. The quantitative estimate of drug-likeness (QED) is 0.702. The molecule has 0 spiro atoms. The number of alkyl halides is 1. The normalized spacial score (nSPS) is 15.7. The number of pyridine rings is 1. The fraction of sp³-hybridized carbons (Fsp3) is 0.278. The Kier molecular flexibility index (Phi) is 4.13. The van der Waals surface area contributed by atoms with Gasteiger partial charge >= 0.3 is 0 Å². The van der Waals surface area contributed by atoms with E-state index in [1.54, 1.807) is 40.3 Å². The summed E-state index contributed by atoms with van der Waals surface area (Å²) in [4.78, 5) is 18.4. The van der Waals surface area contributed by atoms with E-state index < -0.39 is 6.17 Å². The lowest BCUT2D eigenvalue weighted by Crippen LogP contribution is -2.39. The van der Waals surface area contributed by atoms with Gasteiger partial charge in [0.2, 0.25) is 0 Å². The number of fused-ring (bicyclic) bond motifs is 1. The van der Waals surface area contributed by atoms with Crippen LogP contribution in [-0.4, -0.2) is 44.8 Å². The average Bonchev–Trinajstić information content (AvgIpc) is 3.05. The smallest absolute Gasteiger partial charge is 0.253 e. The van der Waals surface area contributed by atoms with Crippen LogP contribution < -0.4 is 0 Å². The maximum atomic E-state index is 13.3. The van der Waals surface area contributed by atoms with Crippen molar-refractivity contribution < 1.29 is 9.18 Å². The maximum Gasteiger partial charge on any atom is 0.253 e. The minimum atomic E-state index is -0.795. The van der Waals surface area contributed by atoms with Crippen LogP contribution in [0.5, 0.6) is 0 Å². The molecule has 0 aliphatic carbocycles. The van der Waals surface area contributed by atoms with Crippen LogP contribution in [0.15, 0.2) is 42.9 Å². The average molecular weight is 359 g/mol. The molecule has 0 saturated carbocycles. The zero-order chi connectivity index (χ0) is 17.4. The van der Waals surface area contributed by atoms with Crippen LogP contribution in [0.1, 0.15) is 23.2 Å². The highest BCUT2D eigenvalue weighted by atomic mass is 35.5. The Balaban J connectivity index is 1.64. The van der Waals surface area contributed by atoms with E-state index in [1.165, 1.54) is 0 Å². The van der Waals surface area contributed by atoms with Crippen molar-refractivity contribution in [3.63, 3.8) is 0 Å². The number of amides is 1. The molecule has 1 aromatic carbocycles. The molecule has 3 aromatic rings. The van der Waals surface area contributed by atoms with Gasteiger partial charge in [0.15, 0.2) is 0 Å². The van der Waals surface area contributed by atoms with Gasteiger partial charge in [-0.15, -0.1) is 0 Å². The van der Waals surface area contributed by atoms with Gasteiger partial charge in [-0.05, 0) is 37.1 Å². The standard InChI is InChI=1S/C18H16ClFN4O/c19-14-8-16(11-21-10-14)24-17-2-1-12(7-13(17)9-22-24)18(25)23-5-3-15(20)4-6-23/h1-2,7-11,15H,3-6H2. The van der Waals surface area contributed by atoms with Gasteiger partial charge in [-0.25, -0.2) is 9.07 Å². The Morgan fingerprint density at radius 3 is 2.72 bits per heavy atom. The monoisotopic (exact) mass is 358 g/mol. The summed E-state index contributed by atoms with van der Waals surface area (Å²) in [7, 11) is 0. The van der Waals surface area contributed by atoms with E-state index >= 15 is 0 Å². The summed E-state index contributed by atoms with van der Waals surface area (Å²) in [6.07, 6.45) is 4.98. The fourth-order valence-electron chi connectivity index (χ4n) is 3.12. The Morgan fingerprint density at radius 1 is 1.16 bits per heavy atom. The number of likely N-dealkylation sites (tertiary alicyclic amines) is 1. The lowest BCUT2D eigenvalue weighted by molar-refractivity contribution is 0.0667. The van der Waals surface area contributed by atoms with Gasteiger partial charge < -0.3 is 4.90 Å². The van der Waals surface area contributed by atoms with E-state index in [1.807, 2.05) is 12.1 Å². The molecule has 4 rings (SSSR count). The van der Waals surface area contributed by atoms with E-state index in [2.05, 4.69) is 10.1 Å². The van der Waals surface area contributed by atoms with Crippen molar-refractivity contribution in [3.05, 3.63) is 53.4 Å². The van der Waals surface area contributed by atoms with Crippen molar-refractivity contribution in [1.82, 2.24) is 19.7 Å². The van der Waals surface area contributed by atoms with Gasteiger partial charge in [0.25, 0.3) is 5.91 Å². The molecule has 7 heteroatoms. The first kappa shape index (κ1) is 16.0. The third-order valence-corrected chi connectivity index (χ3v) is 4.67. The SMILES string of the molecule is O=C(c1ccc2c(cnn2-c2cncc(Cl)c2)c1)N1CCC(F)CC1. The largest absolute Gasteiger partial charge is 0.338 e. The third-order valence-electron chi connectivity index (χ3n) is 4.46. The summed E-state index contributed by atoms with van der Waals surface area (Å²) in [6.45, 7) is 0.928. The summed E-state index contributed by atoms with van der Waals surface area (Å²) in [5.74, 6) is -0.0639. The van der Waals surface area contributed by atoms with Gasteiger partial charge in [0.1, 0.15) is 6.17 Å². The summed E-state index contributed by atoms with van der Waals surface area (Å²) in [5, 5.41) is 5.76. The van der Waals surface area contributed by atoms with Crippen LogP contribution in [-0.2, 0) is 0 Å². The minimum absolute atomic E-state index is 0.0639. The Morgan fingerprint density at radius 2 is 1.96 bits per heavy atom. The predicted molar refractivity (Wildman–Crippen MR) is 93.9 cm³/mol. The van der Waals surface area contributed by atoms with Crippen molar-refractivity contribution in [2.75, 3.05) is 13.1 Å². The minimum Gasteiger partial charge on any atom is -0.338 e.